The van der Waals surface area contributed by atoms with Crippen molar-refractivity contribution in [3.63, 3.8) is 0 Å². The van der Waals surface area contributed by atoms with Gasteiger partial charge < -0.3 is 4.42 Å². The molecular formula is C11H9Cl2N3O2. The molecule has 0 aliphatic heterocycles. The highest BCUT2D eigenvalue weighted by atomic mass is 35.5. The summed E-state index contributed by atoms with van der Waals surface area (Å²) in [6.07, 6.45) is 0.334. The average Bonchev–Trinajstić information content (AvgIpc) is 2.76. The van der Waals surface area contributed by atoms with Crippen molar-refractivity contribution in [3.05, 3.63) is 28.2 Å². The molecule has 1 N–H and O–H groups in total. The van der Waals surface area contributed by atoms with Crippen molar-refractivity contribution in [3.8, 4) is 11.5 Å². The standard InChI is InChI=1S/C11H9Cl2N3O2/c1-2-9(17)14-11-16-15-10(18-11)6-3-7(12)5-8(13)4-6/h3-5H,2H2,1H3,(H,14,16,17). The van der Waals surface area contributed by atoms with E-state index in [2.05, 4.69) is 15.5 Å². The number of hydrogen-bond acceptors (Lipinski definition) is 4. The van der Waals surface area contributed by atoms with E-state index >= 15 is 0 Å². The first-order chi connectivity index (χ1) is 8.58. The molecule has 0 spiro atoms. The van der Waals surface area contributed by atoms with Crippen LogP contribution in [0.25, 0.3) is 11.5 Å². The number of hydrogen-bond donors (Lipinski definition) is 1. The van der Waals surface area contributed by atoms with Crippen LogP contribution in [0.4, 0.5) is 6.01 Å². The number of nitrogens with zero attached hydrogens (tertiary/aromatic N) is 2. The summed E-state index contributed by atoms with van der Waals surface area (Å²) >= 11 is 11.7. The molecule has 0 aliphatic rings. The number of carbonyl (C=O) groups is 1. The molecule has 1 amide bonds. The highest BCUT2D eigenvalue weighted by Crippen LogP contribution is 2.27. The van der Waals surface area contributed by atoms with E-state index in [9.17, 15) is 4.79 Å². The number of rotatable bonds is 3. The lowest BCUT2D eigenvalue weighted by Crippen LogP contribution is -2.09. The fourth-order valence-corrected chi connectivity index (χ4v) is 1.80. The minimum atomic E-state index is -0.200. The van der Waals surface area contributed by atoms with Crippen LogP contribution in [0.2, 0.25) is 10.0 Å². The Morgan fingerprint density at radius 2 is 1.94 bits per heavy atom. The van der Waals surface area contributed by atoms with Crippen molar-refractivity contribution in [2.24, 2.45) is 0 Å². The van der Waals surface area contributed by atoms with Gasteiger partial charge in [-0.3, -0.25) is 10.1 Å². The SMILES string of the molecule is CCC(=O)Nc1nnc(-c2cc(Cl)cc(Cl)c2)o1. The third-order valence-corrected chi connectivity index (χ3v) is 2.54. The van der Waals surface area contributed by atoms with Crippen molar-refractivity contribution in [1.82, 2.24) is 10.2 Å². The Morgan fingerprint density at radius 3 is 2.56 bits per heavy atom. The Bertz CT molecular complexity index is 563. The van der Waals surface area contributed by atoms with E-state index in [1.165, 1.54) is 0 Å². The maximum Gasteiger partial charge on any atom is 0.322 e. The highest BCUT2D eigenvalue weighted by Gasteiger charge is 2.11. The largest absolute Gasteiger partial charge is 0.403 e. The monoisotopic (exact) mass is 285 g/mol. The third kappa shape index (κ3) is 3.00. The first-order valence-corrected chi connectivity index (χ1v) is 5.94. The minimum absolute atomic E-state index is 0.0490. The van der Waals surface area contributed by atoms with E-state index in [1.54, 1.807) is 25.1 Å². The Kier molecular flexibility index (Phi) is 3.84. The van der Waals surface area contributed by atoms with Crippen LogP contribution < -0.4 is 5.32 Å². The average molecular weight is 286 g/mol. The molecule has 0 saturated heterocycles. The van der Waals surface area contributed by atoms with Crippen LogP contribution in [0, 0.1) is 0 Å². The van der Waals surface area contributed by atoms with Crippen LogP contribution >= 0.6 is 23.2 Å². The predicted octanol–water partition coefficient (Wildman–Crippen LogP) is 3.39. The summed E-state index contributed by atoms with van der Waals surface area (Å²) in [6.45, 7) is 1.73. The van der Waals surface area contributed by atoms with Gasteiger partial charge >= 0.3 is 6.01 Å². The first-order valence-electron chi connectivity index (χ1n) is 5.18. The summed E-state index contributed by atoms with van der Waals surface area (Å²) < 4.78 is 5.28. The van der Waals surface area contributed by atoms with Crippen LogP contribution in [-0.2, 0) is 4.79 Å². The molecule has 5 nitrogen and oxygen atoms in total. The zero-order valence-electron chi connectivity index (χ0n) is 9.41. The van der Waals surface area contributed by atoms with E-state index in [-0.39, 0.29) is 17.8 Å². The Hall–Kier alpha value is -1.59. The second-order valence-electron chi connectivity index (χ2n) is 3.47. The summed E-state index contributed by atoms with van der Waals surface area (Å²) in [5.74, 6) is 0.0418. The van der Waals surface area contributed by atoms with Crippen molar-refractivity contribution in [2.75, 3.05) is 5.32 Å². The molecule has 18 heavy (non-hydrogen) atoms. The van der Waals surface area contributed by atoms with E-state index in [4.69, 9.17) is 27.6 Å². The maximum absolute atomic E-state index is 11.2. The molecule has 1 heterocycles. The van der Waals surface area contributed by atoms with E-state index in [1.807, 2.05) is 0 Å². The summed E-state index contributed by atoms with van der Waals surface area (Å²) in [5.41, 5.74) is 0.594. The van der Waals surface area contributed by atoms with Crippen LogP contribution in [0.3, 0.4) is 0 Å². The molecular weight excluding hydrogens is 277 g/mol. The van der Waals surface area contributed by atoms with Gasteiger partial charge in [-0.2, -0.15) is 0 Å². The van der Waals surface area contributed by atoms with Crippen molar-refractivity contribution < 1.29 is 9.21 Å². The minimum Gasteiger partial charge on any atom is -0.403 e. The van der Waals surface area contributed by atoms with Crippen LogP contribution in [0.5, 0.6) is 0 Å². The number of halogens is 2. The summed E-state index contributed by atoms with van der Waals surface area (Å²) in [7, 11) is 0. The highest BCUT2D eigenvalue weighted by molar-refractivity contribution is 6.35. The fraction of sp³-hybridized carbons (Fsp3) is 0.182. The Labute approximate surface area is 113 Å². The maximum atomic E-state index is 11.2. The normalized spacial score (nSPS) is 10.4. The Balaban J connectivity index is 2.26. The number of nitrogens with one attached hydrogen (secondary N) is 1. The van der Waals surface area contributed by atoms with Gasteiger partial charge in [-0.25, -0.2) is 0 Å². The molecule has 0 fully saturated rings. The second kappa shape index (κ2) is 5.37. The number of carbonyl (C=O) groups excluding carboxylic acids is 1. The van der Waals surface area contributed by atoms with Gasteiger partial charge in [0.1, 0.15) is 0 Å². The van der Waals surface area contributed by atoms with Crippen molar-refractivity contribution in [2.45, 2.75) is 13.3 Å². The van der Waals surface area contributed by atoms with Gasteiger partial charge in [-0.15, -0.1) is 5.10 Å². The van der Waals surface area contributed by atoms with Gasteiger partial charge in [0.15, 0.2) is 0 Å². The van der Waals surface area contributed by atoms with Crippen molar-refractivity contribution in [1.29, 1.82) is 0 Å². The molecule has 2 aromatic rings. The van der Waals surface area contributed by atoms with Gasteiger partial charge in [0.05, 0.1) is 0 Å². The molecule has 0 bridgehead atoms. The van der Waals surface area contributed by atoms with E-state index in [0.29, 0.717) is 22.0 Å². The van der Waals surface area contributed by atoms with Crippen molar-refractivity contribution >= 4 is 35.1 Å². The van der Waals surface area contributed by atoms with Gasteiger partial charge in [0.2, 0.25) is 11.8 Å². The molecule has 0 atom stereocenters. The predicted molar refractivity (Wildman–Crippen MR) is 68.7 cm³/mol. The lowest BCUT2D eigenvalue weighted by Gasteiger charge is -1.98. The molecule has 0 aliphatic carbocycles. The molecule has 0 saturated carbocycles. The molecule has 1 aromatic heterocycles. The Morgan fingerprint density at radius 1 is 1.28 bits per heavy atom. The van der Waals surface area contributed by atoms with E-state index < -0.39 is 0 Å². The number of aromatic nitrogens is 2. The topological polar surface area (TPSA) is 68.0 Å². The molecule has 0 radical (unpaired) electrons. The fourth-order valence-electron chi connectivity index (χ4n) is 1.28. The molecule has 94 valence electrons. The zero-order chi connectivity index (χ0) is 13.1. The van der Waals surface area contributed by atoms with Gasteiger partial charge in [-0.1, -0.05) is 35.2 Å². The summed E-state index contributed by atoms with van der Waals surface area (Å²) in [4.78, 5) is 11.2. The molecule has 2 rings (SSSR count). The van der Waals surface area contributed by atoms with E-state index in [0.717, 1.165) is 0 Å². The number of benzene rings is 1. The first kappa shape index (κ1) is 12.9. The van der Waals surface area contributed by atoms with Gasteiger partial charge in [0, 0.05) is 22.0 Å². The third-order valence-electron chi connectivity index (χ3n) is 2.10. The van der Waals surface area contributed by atoms with Gasteiger partial charge in [-0.05, 0) is 18.2 Å². The van der Waals surface area contributed by atoms with Crippen LogP contribution in [0.1, 0.15) is 13.3 Å². The zero-order valence-corrected chi connectivity index (χ0v) is 10.9. The lowest BCUT2D eigenvalue weighted by atomic mass is 10.2. The molecule has 7 heteroatoms. The summed E-state index contributed by atoms with van der Waals surface area (Å²) in [5, 5.41) is 10.9. The van der Waals surface area contributed by atoms with Crippen LogP contribution in [0.15, 0.2) is 22.6 Å². The molecule has 1 aromatic carbocycles. The van der Waals surface area contributed by atoms with Gasteiger partial charge in [0.25, 0.3) is 0 Å². The number of anilines is 1. The van der Waals surface area contributed by atoms with Crippen LogP contribution in [-0.4, -0.2) is 16.1 Å². The lowest BCUT2D eigenvalue weighted by molar-refractivity contribution is -0.116. The smallest absolute Gasteiger partial charge is 0.322 e. The molecule has 0 unspecified atom stereocenters. The quantitative estimate of drug-likeness (QED) is 0.939. The summed E-state index contributed by atoms with van der Waals surface area (Å²) in [6, 6.07) is 4.94. The second-order valence-corrected chi connectivity index (χ2v) is 4.35. The number of amides is 1.